The zero-order valence-electron chi connectivity index (χ0n) is 17.2. The van der Waals surface area contributed by atoms with E-state index in [-0.39, 0.29) is 34.0 Å². The molecule has 0 spiro atoms. The number of H-pyrrole nitrogens is 1. The minimum atomic E-state index is -4.97. The molecule has 3 rings (SSSR count). The van der Waals surface area contributed by atoms with Crippen molar-refractivity contribution in [3.05, 3.63) is 75.7 Å². The summed E-state index contributed by atoms with van der Waals surface area (Å²) in [7, 11) is -3.73. The molecule has 12 heteroatoms. The predicted molar refractivity (Wildman–Crippen MR) is 112 cm³/mol. The molecule has 0 saturated heterocycles. The van der Waals surface area contributed by atoms with E-state index >= 15 is 0 Å². The van der Waals surface area contributed by atoms with Crippen LogP contribution in [0.15, 0.2) is 47.3 Å². The Bertz CT molecular complexity index is 1370. The Morgan fingerprint density at radius 1 is 1.00 bits per heavy atom. The normalized spacial score (nSPS) is 12.0. The van der Waals surface area contributed by atoms with E-state index in [1.165, 1.54) is 32.0 Å². The molecule has 2 N–H and O–H groups in total. The third-order valence-corrected chi connectivity index (χ3v) is 5.89. The molecule has 0 aliphatic rings. The Hall–Kier alpha value is -3.41. The summed E-state index contributed by atoms with van der Waals surface area (Å²) in [6.07, 6.45) is -4.97. The molecule has 1 heterocycles. The van der Waals surface area contributed by atoms with E-state index in [9.17, 15) is 35.2 Å². The monoisotopic (exact) mass is 488 g/mol. The highest BCUT2D eigenvalue weighted by Crippen LogP contribution is 2.39. The number of hydrogen-bond donors (Lipinski definition) is 2. The molecule has 6 nitrogen and oxygen atoms in total. The zero-order valence-corrected chi connectivity index (χ0v) is 18.0. The molecular formula is C21H17F5N2O4S. The highest BCUT2D eigenvalue weighted by Gasteiger charge is 2.35. The van der Waals surface area contributed by atoms with Crippen molar-refractivity contribution in [3.8, 4) is 22.6 Å². The number of ether oxygens (including phenoxy) is 1. The van der Waals surface area contributed by atoms with Gasteiger partial charge in [0.2, 0.25) is 10.0 Å². The molecule has 33 heavy (non-hydrogen) atoms. The van der Waals surface area contributed by atoms with Crippen molar-refractivity contribution in [2.24, 2.45) is 0 Å². The molecule has 0 aliphatic carbocycles. The minimum Gasteiger partial charge on any atom is -0.454 e. The quantitative estimate of drug-likeness (QED) is 0.467. The molecule has 0 aliphatic heterocycles. The summed E-state index contributed by atoms with van der Waals surface area (Å²) in [5, 5.41) is 0. The second kappa shape index (κ2) is 8.85. The average molecular weight is 488 g/mol. The van der Waals surface area contributed by atoms with Crippen LogP contribution in [-0.4, -0.2) is 19.2 Å². The van der Waals surface area contributed by atoms with Crippen LogP contribution in [0.1, 0.15) is 18.2 Å². The maximum absolute atomic E-state index is 14.1. The summed E-state index contributed by atoms with van der Waals surface area (Å²) in [5.41, 5.74) is -3.04. The van der Waals surface area contributed by atoms with Crippen LogP contribution in [0.5, 0.6) is 11.5 Å². The predicted octanol–water partition coefficient (Wildman–Crippen LogP) is 5.20. The lowest BCUT2D eigenvalue weighted by Crippen LogP contribution is -2.22. The number of aryl methyl sites for hydroxylation is 1. The first-order valence-corrected chi connectivity index (χ1v) is 11.0. The second-order valence-corrected chi connectivity index (χ2v) is 8.95. The van der Waals surface area contributed by atoms with Gasteiger partial charge in [0.15, 0.2) is 11.6 Å². The maximum atomic E-state index is 14.1. The summed E-state index contributed by atoms with van der Waals surface area (Å²) in [5.74, 6) is -2.78. The molecular weight excluding hydrogens is 471 g/mol. The highest BCUT2D eigenvalue weighted by molar-refractivity contribution is 7.92. The number of anilines is 1. The van der Waals surface area contributed by atoms with E-state index in [2.05, 4.69) is 9.71 Å². The smallest absolute Gasteiger partial charge is 0.421 e. The number of sulfonamides is 1. The fraction of sp³-hybridized carbons (Fsp3) is 0.190. The SMILES string of the molecule is CCS(=O)(=O)Nc1ccc(Oc2ccc(F)cc2F)c(-c2cc(C(F)(F)F)c(=O)[nH]c2C)c1. The molecule has 0 bridgehead atoms. The lowest BCUT2D eigenvalue weighted by Gasteiger charge is -2.17. The largest absolute Gasteiger partial charge is 0.454 e. The molecule has 0 amide bonds. The third kappa shape index (κ3) is 5.51. The second-order valence-electron chi connectivity index (χ2n) is 6.94. The van der Waals surface area contributed by atoms with Gasteiger partial charge in [-0.15, -0.1) is 0 Å². The highest BCUT2D eigenvalue weighted by atomic mass is 32.2. The topological polar surface area (TPSA) is 88.3 Å². The number of aromatic nitrogens is 1. The maximum Gasteiger partial charge on any atom is 0.421 e. The number of rotatable bonds is 6. The molecule has 1 aromatic heterocycles. The van der Waals surface area contributed by atoms with Crippen LogP contribution < -0.4 is 15.0 Å². The fourth-order valence-corrected chi connectivity index (χ4v) is 3.56. The molecule has 0 unspecified atom stereocenters. The van der Waals surface area contributed by atoms with Crippen molar-refractivity contribution >= 4 is 15.7 Å². The van der Waals surface area contributed by atoms with Gasteiger partial charge in [0.1, 0.15) is 17.1 Å². The third-order valence-electron chi connectivity index (χ3n) is 4.58. The number of halogens is 5. The van der Waals surface area contributed by atoms with Crippen molar-refractivity contribution in [1.29, 1.82) is 0 Å². The Morgan fingerprint density at radius 2 is 1.67 bits per heavy atom. The number of hydrogen-bond acceptors (Lipinski definition) is 4. The molecule has 3 aromatic rings. The van der Waals surface area contributed by atoms with Gasteiger partial charge < -0.3 is 9.72 Å². The molecule has 0 radical (unpaired) electrons. The first-order valence-electron chi connectivity index (χ1n) is 9.39. The van der Waals surface area contributed by atoms with Crippen LogP contribution in [-0.2, 0) is 16.2 Å². The standard InChI is InChI=1S/C21H17F5N2O4S/c1-3-33(30,31)28-13-5-7-18(32-19-6-4-12(22)8-17(19)23)15(9-13)14-10-16(21(24,25)26)20(29)27-11(14)2/h4-10,28H,3H2,1-2H3,(H,27,29). The minimum absolute atomic E-state index is 0.00191. The van der Waals surface area contributed by atoms with E-state index in [1.807, 2.05) is 0 Å². The van der Waals surface area contributed by atoms with Gasteiger partial charge in [-0.1, -0.05) is 0 Å². The zero-order chi connectivity index (χ0) is 24.6. The Labute approximate surface area is 185 Å². The summed E-state index contributed by atoms with van der Waals surface area (Å²) < 4.78 is 99.0. The lowest BCUT2D eigenvalue weighted by molar-refractivity contribution is -0.138. The van der Waals surface area contributed by atoms with Crippen molar-refractivity contribution in [2.75, 3.05) is 10.5 Å². The van der Waals surface area contributed by atoms with Crippen molar-refractivity contribution in [1.82, 2.24) is 4.98 Å². The van der Waals surface area contributed by atoms with Gasteiger partial charge >= 0.3 is 6.18 Å². The van der Waals surface area contributed by atoms with Crippen LogP contribution in [0, 0.1) is 18.6 Å². The Morgan fingerprint density at radius 3 is 2.27 bits per heavy atom. The number of benzene rings is 2. The van der Waals surface area contributed by atoms with E-state index < -0.39 is 44.7 Å². The summed E-state index contributed by atoms with van der Waals surface area (Å²) in [6.45, 7) is 2.72. The Kier molecular flexibility index (Phi) is 6.50. The van der Waals surface area contributed by atoms with Gasteiger partial charge in [-0.2, -0.15) is 13.2 Å². The molecule has 0 fully saturated rings. The van der Waals surface area contributed by atoms with Gasteiger partial charge in [0.05, 0.1) is 5.75 Å². The van der Waals surface area contributed by atoms with Crippen LogP contribution in [0.3, 0.4) is 0 Å². The average Bonchev–Trinajstić information content (AvgIpc) is 2.70. The van der Waals surface area contributed by atoms with Gasteiger partial charge in [-0.3, -0.25) is 9.52 Å². The number of alkyl halides is 3. The van der Waals surface area contributed by atoms with Gasteiger partial charge in [-0.05, 0) is 50.2 Å². The van der Waals surface area contributed by atoms with Crippen LogP contribution in [0.25, 0.3) is 11.1 Å². The van der Waals surface area contributed by atoms with Crippen molar-refractivity contribution in [3.63, 3.8) is 0 Å². The van der Waals surface area contributed by atoms with E-state index in [0.29, 0.717) is 12.1 Å². The lowest BCUT2D eigenvalue weighted by atomic mass is 10.0. The number of nitrogens with one attached hydrogen (secondary N) is 2. The number of pyridine rings is 1. The van der Waals surface area contributed by atoms with Crippen LogP contribution >= 0.6 is 0 Å². The van der Waals surface area contributed by atoms with E-state index in [0.717, 1.165) is 12.1 Å². The van der Waals surface area contributed by atoms with E-state index in [4.69, 9.17) is 4.74 Å². The Balaban J connectivity index is 2.23. The van der Waals surface area contributed by atoms with Crippen LogP contribution in [0.2, 0.25) is 0 Å². The van der Waals surface area contributed by atoms with Crippen LogP contribution in [0.4, 0.5) is 27.6 Å². The van der Waals surface area contributed by atoms with E-state index in [1.54, 1.807) is 0 Å². The van der Waals surface area contributed by atoms with Crippen molar-refractivity contribution in [2.45, 2.75) is 20.0 Å². The molecule has 2 aromatic carbocycles. The van der Waals surface area contributed by atoms with Crippen molar-refractivity contribution < 1.29 is 35.1 Å². The first kappa shape index (κ1) is 24.2. The molecule has 0 saturated carbocycles. The fourth-order valence-electron chi connectivity index (χ4n) is 2.93. The summed E-state index contributed by atoms with van der Waals surface area (Å²) >= 11 is 0. The van der Waals surface area contributed by atoms with Gasteiger partial charge in [0, 0.05) is 28.6 Å². The molecule has 0 atom stereocenters. The molecule has 176 valence electrons. The van der Waals surface area contributed by atoms with Gasteiger partial charge in [0.25, 0.3) is 5.56 Å². The van der Waals surface area contributed by atoms with Gasteiger partial charge in [-0.25, -0.2) is 17.2 Å². The summed E-state index contributed by atoms with van der Waals surface area (Å²) in [6, 6.07) is 6.73. The summed E-state index contributed by atoms with van der Waals surface area (Å²) in [4.78, 5) is 13.9. The first-order chi connectivity index (χ1) is 15.3. The number of aromatic amines is 1.